The Hall–Kier alpha value is -3.44. The van der Waals surface area contributed by atoms with E-state index < -0.39 is 29.2 Å². The molecule has 1 aromatic carbocycles. The van der Waals surface area contributed by atoms with Crippen molar-refractivity contribution in [3.05, 3.63) is 65.7 Å². The smallest absolute Gasteiger partial charge is 0.315 e. The number of hydrogen-bond acceptors (Lipinski definition) is 7. The average Bonchev–Trinajstić information content (AvgIpc) is 3.32. The van der Waals surface area contributed by atoms with Crippen LogP contribution in [-0.4, -0.2) is 17.6 Å². The summed E-state index contributed by atoms with van der Waals surface area (Å²) < 4.78 is 25.0. The highest BCUT2D eigenvalue weighted by Gasteiger charge is 2.58. The van der Waals surface area contributed by atoms with Crippen molar-refractivity contribution in [2.75, 3.05) is 6.61 Å². The van der Waals surface area contributed by atoms with Crippen molar-refractivity contribution in [1.29, 1.82) is 5.26 Å². The van der Waals surface area contributed by atoms with E-state index in [1.165, 1.54) is 6.07 Å². The maximum Gasteiger partial charge on any atom is 0.315 e. The van der Waals surface area contributed by atoms with Crippen LogP contribution < -0.4 is 10.2 Å². The minimum Gasteiger partial charge on any atom is -0.440 e. The molecule has 2 unspecified atom stereocenters. The van der Waals surface area contributed by atoms with Crippen molar-refractivity contribution in [3.63, 3.8) is 0 Å². The molecule has 168 valence electrons. The Morgan fingerprint density at radius 2 is 2.00 bits per heavy atom. The van der Waals surface area contributed by atoms with E-state index in [0.717, 1.165) is 11.6 Å². The number of nitriles is 1. The molecule has 2 aromatic rings. The molecule has 3 rings (SSSR count). The highest BCUT2D eigenvalue weighted by molar-refractivity contribution is 5.84. The van der Waals surface area contributed by atoms with Gasteiger partial charge in [0, 0.05) is 11.6 Å². The highest BCUT2D eigenvalue weighted by Crippen LogP contribution is 2.58. The first kappa shape index (κ1) is 23.2. The lowest BCUT2D eigenvalue weighted by Crippen LogP contribution is -2.15. The molecule has 1 aliphatic carbocycles. The number of benzene rings is 1. The summed E-state index contributed by atoms with van der Waals surface area (Å²) in [6.07, 6.45) is 0.349. The maximum absolute atomic E-state index is 14.2. The largest absolute Gasteiger partial charge is 0.440 e. The van der Waals surface area contributed by atoms with Gasteiger partial charge >= 0.3 is 5.97 Å². The number of carbonyl (C=O) groups is 1. The van der Waals surface area contributed by atoms with Crippen molar-refractivity contribution >= 4 is 5.97 Å². The number of halogens is 1. The summed E-state index contributed by atoms with van der Waals surface area (Å²) in [4.78, 5) is 22.1. The van der Waals surface area contributed by atoms with Crippen molar-refractivity contribution in [3.8, 4) is 17.7 Å². The third kappa shape index (κ3) is 5.42. The highest BCUT2D eigenvalue weighted by atomic mass is 19.1. The van der Waals surface area contributed by atoms with Gasteiger partial charge in [-0.05, 0) is 35.8 Å². The van der Waals surface area contributed by atoms with Crippen molar-refractivity contribution < 1.29 is 23.5 Å². The minimum absolute atomic E-state index is 0.0792. The van der Waals surface area contributed by atoms with Crippen LogP contribution in [0, 0.1) is 34.4 Å². The molecule has 8 heteroatoms. The molecular formula is C24H26FN3O4. The van der Waals surface area contributed by atoms with E-state index in [1.54, 1.807) is 36.5 Å². The standard InChI is InChI=1S/C24H26FN3O4/c1-15(2)14-30-27-13-17-21(24(17,3)4)23(29)32-20(12-26)19-11-10-18(25)22(28-19)31-16-8-6-5-7-9-16/h5-11,13,15,20-21,27H,14H2,1-4H3. The summed E-state index contributed by atoms with van der Waals surface area (Å²) in [5.41, 5.74) is 3.21. The van der Waals surface area contributed by atoms with E-state index in [0.29, 0.717) is 18.3 Å². The summed E-state index contributed by atoms with van der Waals surface area (Å²) in [6.45, 7) is 8.38. The van der Waals surface area contributed by atoms with E-state index in [4.69, 9.17) is 14.3 Å². The Morgan fingerprint density at radius 3 is 2.66 bits per heavy atom. The monoisotopic (exact) mass is 439 g/mol. The van der Waals surface area contributed by atoms with Gasteiger partial charge in [-0.25, -0.2) is 9.37 Å². The van der Waals surface area contributed by atoms with E-state index in [1.807, 2.05) is 33.8 Å². The van der Waals surface area contributed by atoms with Crippen LogP contribution in [0.3, 0.4) is 0 Å². The van der Waals surface area contributed by atoms with Crippen LogP contribution in [0.25, 0.3) is 0 Å². The first-order valence-electron chi connectivity index (χ1n) is 10.3. The van der Waals surface area contributed by atoms with Crippen LogP contribution in [0.4, 0.5) is 4.39 Å². The Morgan fingerprint density at radius 1 is 1.28 bits per heavy atom. The van der Waals surface area contributed by atoms with E-state index in [-0.39, 0.29) is 11.6 Å². The van der Waals surface area contributed by atoms with Crippen LogP contribution in [0.2, 0.25) is 0 Å². The van der Waals surface area contributed by atoms with Crippen molar-refractivity contribution in [2.24, 2.45) is 17.3 Å². The zero-order valence-electron chi connectivity index (χ0n) is 18.5. The van der Waals surface area contributed by atoms with Crippen LogP contribution in [0.1, 0.15) is 39.5 Å². The Kier molecular flexibility index (Phi) is 7.11. The first-order valence-corrected chi connectivity index (χ1v) is 10.3. The Balaban J connectivity index is 1.69. The van der Waals surface area contributed by atoms with Gasteiger partial charge in [0.2, 0.25) is 6.10 Å². The lowest BCUT2D eigenvalue weighted by molar-refractivity contribution is -0.149. The molecule has 2 atom stereocenters. The molecule has 1 aliphatic rings. The summed E-state index contributed by atoms with van der Waals surface area (Å²) in [6, 6.07) is 12.9. The predicted octanol–water partition coefficient (Wildman–Crippen LogP) is 4.84. The molecule has 0 bridgehead atoms. The van der Waals surface area contributed by atoms with Gasteiger partial charge in [0.15, 0.2) is 5.82 Å². The summed E-state index contributed by atoms with van der Waals surface area (Å²) in [7, 11) is 0. The van der Waals surface area contributed by atoms with Crippen LogP contribution in [0.5, 0.6) is 11.6 Å². The molecule has 1 heterocycles. The van der Waals surface area contributed by atoms with E-state index >= 15 is 0 Å². The number of esters is 1. The predicted molar refractivity (Wildman–Crippen MR) is 114 cm³/mol. The quantitative estimate of drug-likeness (QED) is 0.339. The second-order valence-corrected chi connectivity index (χ2v) is 8.46. The number of nitrogens with one attached hydrogen (secondary N) is 1. The second kappa shape index (κ2) is 9.79. The van der Waals surface area contributed by atoms with Gasteiger partial charge in [-0.3, -0.25) is 15.1 Å². The number of aromatic nitrogens is 1. The molecule has 1 saturated carbocycles. The normalized spacial score (nSPS) is 18.7. The zero-order valence-corrected chi connectivity index (χ0v) is 18.5. The zero-order chi connectivity index (χ0) is 23.3. The summed E-state index contributed by atoms with van der Waals surface area (Å²) in [5.74, 6) is -1.32. The van der Waals surface area contributed by atoms with Gasteiger partial charge in [0.05, 0.1) is 18.2 Å². The van der Waals surface area contributed by atoms with Crippen LogP contribution >= 0.6 is 0 Å². The lowest BCUT2D eigenvalue weighted by atomic mass is 10.1. The number of carbonyl (C=O) groups excluding carboxylic acids is 1. The van der Waals surface area contributed by atoms with E-state index in [2.05, 4.69) is 10.5 Å². The molecule has 1 aromatic heterocycles. The van der Waals surface area contributed by atoms with Crippen molar-refractivity contribution in [1.82, 2.24) is 10.5 Å². The third-order valence-electron chi connectivity index (χ3n) is 5.06. The van der Waals surface area contributed by atoms with Crippen molar-refractivity contribution in [2.45, 2.75) is 33.8 Å². The molecule has 0 saturated heterocycles. The first-order chi connectivity index (χ1) is 15.2. The van der Waals surface area contributed by atoms with Gasteiger partial charge in [-0.1, -0.05) is 45.9 Å². The molecule has 1 N–H and O–H groups in total. The number of hydroxylamine groups is 1. The van der Waals surface area contributed by atoms with E-state index in [9.17, 15) is 14.4 Å². The molecule has 0 aliphatic heterocycles. The summed E-state index contributed by atoms with van der Waals surface area (Å²) >= 11 is 0. The van der Waals surface area contributed by atoms with Gasteiger partial charge in [0.1, 0.15) is 11.8 Å². The fourth-order valence-electron chi connectivity index (χ4n) is 3.18. The SMILES string of the molecule is CC(C)CONC=C1C(C(=O)OC(C#N)c2ccc(F)c(Oc3ccccc3)n2)C1(C)C. The topological polar surface area (TPSA) is 93.5 Å². The molecule has 0 spiro atoms. The number of ether oxygens (including phenoxy) is 2. The number of rotatable bonds is 9. The van der Waals surface area contributed by atoms with Gasteiger partial charge in [0.25, 0.3) is 5.88 Å². The Bertz CT molecular complexity index is 1030. The van der Waals surface area contributed by atoms with Crippen LogP contribution in [0.15, 0.2) is 54.2 Å². The average molecular weight is 439 g/mol. The fraction of sp³-hybridized carbons (Fsp3) is 0.375. The molecule has 7 nitrogen and oxygen atoms in total. The molecular weight excluding hydrogens is 413 g/mol. The lowest BCUT2D eigenvalue weighted by Gasteiger charge is -2.13. The van der Waals surface area contributed by atoms with Gasteiger partial charge in [-0.2, -0.15) is 5.26 Å². The fourth-order valence-corrected chi connectivity index (χ4v) is 3.18. The third-order valence-corrected chi connectivity index (χ3v) is 5.06. The summed E-state index contributed by atoms with van der Waals surface area (Å²) in [5, 5.41) is 9.55. The number of hydrogen-bond donors (Lipinski definition) is 1. The molecule has 1 fully saturated rings. The second-order valence-electron chi connectivity index (χ2n) is 8.46. The maximum atomic E-state index is 14.2. The number of pyridine rings is 1. The minimum atomic E-state index is -1.30. The van der Waals surface area contributed by atoms with Gasteiger partial charge in [-0.15, -0.1) is 0 Å². The van der Waals surface area contributed by atoms with Crippen LogP contribution in [-0.2, 0) is 14.4 Å². The number of para-hydroxylation sites is 1. The van der Waals surface area contributed by atoms with Gasteiger partial charge < -0.3 is 9.47 Å². The molecule has 32 heavy (non-hydrogen) atoms. The molecule has 0 radical (unpaired) electrons. The molecule has 0 amide bonds. The number of nitrogens with zero attached hydrogens (tertiary/aromatic N) is 2. The Labute approximate surface area is 186 Å².